The van der Waals surface area contributed by atoms with Gasteiger partial charge >= 0.3 is 11.9 Å². The molecule has 2 rings (SSSR count). The van der Waals surface area contributed by atoms with Crippen molar-refractivity contribution < 1.29 is 31.4 Å². The quantitative estimate of drug-likeness (QED) is 0.811. The Morgan fingerprint density at radius 3 is 2.50 bits per heavy atom. The molecule has 0 spiro atoms. The lowest BCUT2D eigenvalue weighted by molar-refractivity contribution is -0.399. The Labute approximate surface area is 124 Å². The van der Waals surface area contributed by atoms with E-state index in [1.54, 1.807) is 0 Å². The standard InChI is InChI=1S/C12H12F2N3O4S/c1-16-6-10(11(18)17(2)12(16)19)22(20,21)15-9-4-3-7(13)5-8(9)14/h3-6,10,15H,1-2H3/q+1. The number of rotatable bonds is 3. The van der Waals surface area contributed by atoms with Crippen LogP contribution in [0, 0.1) is 11.6 Å². The zero-order valence-corrected chi connectivity index (χ0v) is 12.4. The molecule has 0 aromatic heterocycles. The fourth-order valence-electron chi connectivity index (χ4n) is 1.85. The molecule has 118 valence electrons. The van der Waals surface area contributed by atoms with Crippen molar-refractivity contribution in [3.05, 3.63) is 29.8 Å². The summed E-state index contributed by atoms with van der Waals surface area (Å²) in [5, 5.41) is -1.70. The molecular formula is C12H12F2N3O4S+. The third-order valence-electron chi connectivity index (χ3n) is 3.04. The van der Waals surface area contributed by atoms with Crippen LogP contribution < -0.4 is 4.72 Å². The van der Waals surface area contributed by atoms with Crippen molar-refractivity contribution in [3.8, 4) is 0 Å². The Balaban J connectivity index is 2.38. The van der Waals surface area contributed by atoms with Crippen LogP contribution in [0.5, 0.6) is 0 Å². The van der Waals surface area contributed by atoms with Gasteiger partial charge in [-0.1, -0.05) is 0 Å². The van der Waals surface area contributed by atoms with E-state index in [0.29, 0.717) is 11.0 Å². The number of carbonyl (C=O) groups is 2. The molecule has 1 N–H and O–H groups in total. The van der Waals surface area contributed by atoms with Crippen molar-refractivity contribution in [2.75, 3.05) is 18.8 Å². The number of nitrogens with zero attached hydrogens (tertiary/aromatic N) is 2. The summed E-state index contributed by atoms with van der Waals surface area (Å²) >= 11 is 0. The fourth-order valence-corrected chi connectivity index (χ4v) is 3.22. The van der Waals surface area contributed by atoms with Crippen LogP contribution in [-0.4, -0.2) is 55.4 Å². The number of nitrogens with one attached hydrogen (secondary N) is 1. The lowest BCUT2D eigenvalue weighted by Gasteiger charge is -2.20. The van der Waals surface area contributed by atoms with Gasteiger partial charge in [-0.15, -0.1) is 0 Å². The van der Waals surface area contributed by atoms with Crippen LogP contribution in [0.15, 0.2) is 18.2 Å². The third kappa shape index (κ3) is 2.82. The van der Waals surface area contributed by atoms with E-state index in [-0.39, 0.29) is 0 Å². The first-order valence-electron chi connectivity index (χ1n) is 5.99. The largest absolute Gasteiger partial charge is 0.500 e. The van der Waals surface area contributed by atoms with E-state index in [1.165, 1.54) is 7.05 Å². The van der Waals surface area contributed by atoms with Gasteiger partial charge in [0.2, 0.25) is 5.25 Å². The van der Waals surface area contributed by atoms with Crippen LogP contribution in [0.4, 0.5) is 19.3 Å². The van der Waals surface area contributed by atoms with E-state index >= 15 is 0 Å². The smallest absolute Gasteiger partial charge is 0.279 e. The van der Waals surface area contributed by atoms with Gasteiger partial charge < -0.3 is 0 Å². The number of amides is 3. The van der Waals surface area contributed by atoms with Crippen LogP contribution >= 0.6 is 0 Å². The number of imide groups is 1. The van der Waals surface area contributed by atoms with Crippen LogP contribution in [0.25, 0.3) is 0 Å². The SMILES string of the molecule is CN1C(=O)C(S(=O)(=O)Nc2ccc(F)cc2F)C=[N+](C)C1=O. The normalized spacial score (nSPS) is 19.2. The summed E-state index contributed by atoms with van der Waals surface area (Å²) < 4.78 is 53.6. The first kappa shape index (κ1) is 16.0. The zero-order valence-electron chi connectivity index (χ0n) is 11.6. The molecule has 1 heterocycles. The molecule has 0 bridgehead atoms. The summed E-state index contributed by atoms with van der Waals surface area (Å²) in [6, 6.07) is 1.58. The molecule has 0 aliphatic carbocycles. The maximum absolute atomic E-state index is 13.5. The van der Waals surface area contributed by atoms with E-state index in [4.69, 9.17) is 0 Å². The zero-order chi connectivity index (χ0) is 16.7. The van der Waals surface area contributed by atoms with Crippen LogP contribution in [0.2, 0.25) is 0 Å². The minimum absolute atomic E-state index is 0.496. The van der Waals surface area contributed by atoms with Crippen molar-refractivity contribution >= 4 is 33.9 Å². The summed E-state index contributed by atoms with van der Waals surface area (Å²) in [5.41, 5.74) is -0.496. The number of hydrogen-bond donors (Lipinski definition) is 1. The van der Waals surface area contributed by atoms with Gasteiger partial charge in [-0.2, -0.15) is 9.69 Å². The van der Waals surface area contributed by atoms with Crippen molar-refractivity contribution in [2.45, 2.75) is 5.25 Å². The predicted octanol–water partition coefficient (Wildman–Crippen LogP) is 0.380. The minimum atomic E-state index is -4.36. The Bertz CT molecular complexity index is 792. The van der Waals surface area contributed by atoms with E-state index in [2.05, 4.69) is 0 Å². The molecule has 0 radical (unpaired) electrons. The maximum atomic E-state index is 13.5. The molecule has 0 saturated heterocycles. The average molecular weight is 332 g/mol. The van der Waals surface area contributed by atoms with Crippen molar-refractivity contribution in [1.29, 1.82) is 0 Å². The van der Waals surface area contributed by atoms with E-state index in [0.717, 1.165) is 30.0 Å². The number of anilines is 1. The number of urea groups is 1. The topological polar surface area (TPSA) is 86.6 Å². The molecule has 1 aliphatic heterocycles. The number of benzene rings is 1. The molecule has 1 atom stereocenters. The maximum Gasteiger partial charge on any atom is 0.500 e. The molecule has 0 fully saturated rings. The molecule has 7 nitrogen and oxygen atoms in total. The Morgan fingerprint density at radius 1 is 1.27 bits per heavy atom. The van der Waals surface area contributed by atoms with Gasteiger partial charge in [0.15, 0.2) is 0 Å². The Morgan fingerprint density at radius 2 is 1.91 bits per heavy atom. The summed E-state index contributed by atoms with van der Waals surface area (Å²) in [6.45, 7) is 0. The Kier molecular flexibility index (Phi) is 3.96. The van der Waals surface area contributed by atoms with Crippen LogP contribution in [-0.2, 0) is 14.8 Å². The van der Waals surface area contributed by atoms with Gasteiger partial charge in [0.25, 0.3) is 10.0 Å². The number of hydrogen-bond acceptors (Lipinski definition) is 4. The highest BCUT2D eigenvalue weighted by molar-refractivity contribution is 7.94. The van der Waals surface area contributed by atoms with Gasteiger partial charge in [-0.25, -0.2) is 26.6 Å². The lowest BCUT2D eigenvalue weighted by Crippen LogP contribution is -2.54. The molecule has 1 aromatic carbocycles. The molecule has 22 heavy (non-hydrogen) atoms. The molecular weight excluding hydrogens is 320 g/mol. The van der Waals surface area contributed by atoms with Crippen LogP contribution in [0.3, 0.4) is 0 Å². The van der Waals surface area contributed by atoms with Gasteiger partial charge in [0, 0.05) is 6.07 Å². The first-order chi connectivity index (χ1) is 10.1. The predicted molar refractivity (Wildman–Crippen MR) is 73.1 cm³/mol. The second-order valence-electron chi connectivity index (χ2n) is 4.63. The number of carbonyl (C=O) groups excluding carboxylic acids is 2. The molecule has 1 aromatic rings. The second kappa shape index (κ2) is 5.44. The van der Waals surface area contributed by atoms with Gasteiger partial charge in [0.1, 0.15) is 17.8 Å². The minimum Gasteiger partial charge on any atom is -0.279 e. The van der Waals surface area contributed by atoms with E-state index in [9.17, 15) is 26.8 Å². The van der Waals surface area contributed by atoms with E-state index < -0.39 is 44.5 Å². The number of halogens is 2. The first-order valence-corrected chi connectivity index (χ1v) is 7.54. The molecule has 1 aliphatic rings. The average Bonchev–Trinajstić information content (AvgIpc) is 2.43. The van der Waals surface area contributed by atoms with E-state index in [1.807, 2.05) is 4.72 Å². The number of sulfonamides is 1. The molecule has 0 saturated carbocycles. The lowest BCUT2D eigenvalue weighted by atomic mass is 10.3. The molecule has 3 amide bonds. The Hall–Kier alpha value is -2.36. The van der Waals surface area contributed by atoms with Crippen molar-refractivity contribution in [1.82, 2.24) is 4.90 Å². The van der Waals surface area contributed by atoms with Crippen molar-refractivity contribution in [3.63, 3.8) is 0 Å². The van der Waals surface area contributed by atoms with Crippen LogP contribution in [0.1, 0.15) is 0 Å². The monoisotopic (exact) mass is 332 g/mol. The highest BCUT2D eigenvalue weighted by Crippen LogP contribution is 2.19. The summed E-state index contributed by atoms with van der Waals surface area (Å²) in [4.78, 5) is 24.1. The second-order valence-corrected chi connectivity index (χ2v) is 6.43. The van der Waals surface area contributed by atoms with Gasteiger partial charge in [-0.05, 0) is 12.1 Å². The summed E-state index contributed by atoms with van der Waals surface area (Å²) in [6.07, 6.45) is 0.911. The summed E-state index contributed by atoms with van der Waals surface area (Å²) in [7, 11) is -1.95. The summed E-state index contributed by atoms with van der Waals surface area (Å²) in [5.74, 6) is -2.96. The third-order valence-corrected chi connectivity index (χ3v) is 4.54. The van der Waals surface area contributed by atoms with Gasteiger partial charge in [-0.3, -0.25) is 4.72 Å². The fraction of sp³-hybridized carbons (Fsp3) is 0.250. The molecule has 1 unspecified atom stereocenters. The highest BCUT2D eigenvalue weighted by Gasteiger charge is 2.46. The molecule has 10 heteroatoms. The van der Waals surface area contributed by atoms with Crippen molar-refractivity contribution in [2.24, 2.45) is 0 Å². The van der Waals surface area contributed by atoms with Gasteiger partial charge in [0.05, 0.1) is 19.8 Å². The highest BCUT2D eigenvalue weighted by atomic mass is 32.2.